The Morgan fingerprint density at radius 3 is 1.90 bits per heavy atom. The van der Waals surface area contributed by atoms with Gasteiger partial charge in [0.05, 0.1) is 0 Å². The first-order valence-corrected chi connectivity index (χ1v) is 17.5. The standard InChI is InChI=1S/C41H55N3O7/c1-11-28(4)44(37(47)33(43-39(49)51-41(8,9)10)24-30-19-21-31(45)22-20-30)35(32-23-26(2)17-18-27(32)3)36(46)42-34(38(48)50-40(5,6)7)25-29-15-13-12-14-16-29/h12-23,28,33-35,45H,11,24-25H2,1-10H3,(H,42,46)(H,43,49). The number of phenols is 1. The Hall–Kier alpha value is -4.86. The number of aryl methyl sites for hydroxylation is 2. The van der Waals surface area contributed by atoms with Gasteiger partial charge in [-0.05, 0) is 103 Å². The summed E-state index contributed by atoms with van der Waals surface area (Å²) >= 11 is 0. The minimum Gasteiger partial charge on any atom is -0.508 e. The van der Waals surface area contributed by atoms with Crippen molar-refractivity contribution in [2.45, 2.75) is 124 Å². The number of phenolic OH excluding ortho intramolecular Hbond substituents is 1. The molecule has 4 atom stereocenters. The van der Waals surface area contributed by atoms with E-state index in [4.69, 9.17) is 9.47 Å². The molecule has 4 unspecified atom stereocenters. The van der Waals surface area contributed by atoms with Gasteiger partial charge in [0.15, 0.2) is 0 Å². The topological polar surface area (TPSA) is 134 Å². The molecule has 0 aliphatic carbocycles. The van der Waals surface area contributed by atoms with Crippen LogP contribution < -0.4 is 10.6 Å². The number of ether oxygens (including phenoxy) is 2. The SMILES string of the molecule is CCC(C)N(C(=O)C(Cc1ccc(O)cc1)NC(=O)OC(C)(C)C)C(C(=O)NC(Cc1ccccc1)C(=O)OC(C)(C)C)c1cc(C)ccc1C. The lowest BCUT2D eigenvalue weighted by atomic mass is 9.93. The minimum atomic E-state index is -1.18. The molecule has 0 radical (unpaired) electrons. The maximum absolute atomic E-state index is 15.0. The molecule has 3 aromatic carbocycles. The first kappa shape index (κ1) is 40.6. The van der Waals surface area contributed by atoms with Gasteiger partial charge in [-0.1, -0.05) is 73.2 Å². The van der Waals surface area contributed by atoms with E-state index in [1.54, 1.807) is 53.7 Å². The van der Waals surface area contributed by atoms with Crippen LogP contribution in [0.5, 0.6) is 5.75 Å². The van der Waals surface area contributed by atoms with E-state index in [9.17, 15) is 24.3 Å². The molecule has 0 aliphatic heterocycles. The predicted molar refractivity (Wildman–Crippen MR) is 198 cm³/mol. The number of carbonyl (C=O) groups excluding carboxylic acids is 4. The van der Waals surface area contributed by atoms with E-state index in [-0.39, 0.29) is 18.6 Å². The number of rotatable bonds is 13. The second kappa shape index (κ2) is 17.4. The molecular weight excluding hydrogens is 646 g/mol. The van der Waals surface area contributed by atoms with Crippen LogP contribution in [-0.4, -0.2) is 63.2 Å². The molecule has 3 rings (SSSR count). The lowest BCUT2D eigenvalue weighted by molar-refractivity contribution is -0.159. The summed E-state index contributed by atoms with van der Waals surface area (Å²) in [5.41, 5.74) is 2.10. The number of esters is 1. The molecule has 0 saturated carbocycles. The molecule has 0 aliphatic rings. The fourth-order valence-corrected chi connectivity index (χ4v) is 5.63. The quantitative estimate of drug-likeness (QED) is 0.165. The number of amides is 3. The number of aromatic hydroxyl groups is 1. The van der Waals surface area contributed by atoms with Crippen LogP contribution >= 0.6 is 0 Å². The summed E-state index contributed by atoms with van der Waals surface area (Å²) < 4.78 is 11.3. The predicted octanol–water partition coefficient (Wildman–Crippen LogP) is 6.88. The number of nitrogens with one attached hydrogen (secondary N) is 2. The molecule has 0 heterocycles. The van der Waals surface area contributed by atoms with Crippen molar-refractivity contribution in [3.63, 3.8) is 0 Å². The Morgan fingerprint density at radius 2 is 1.33 bits per heavy atom. The highest BCUT2D eigenvalue weighted by atomic mass is 16.6. The van der Waals surface area contributed by atoms with E-state index in [0.29, 0.717) is 17.5 Å². The van der Waals surface area contributed by atoms with Crippen LogP contribution in [0.4, 0.5) is 4.79 Å². The van der Waals surface area contributed by atoms with Crippen molar-refractivity contribution in [2.75, 3.05) is 0 Å². The summed E-state index contributed by atoms with van der Waals surface area (Å²) in [6.45, 7) is 18.0. The summed E-state index contributed by atoms with van der Waals surface area (Å²) in [5.74, 6) is -1.62. The van der Waals surface area contributed by atoms with Gasteiger partial charge in [0.1, 0.15) is 35.1 Å². The van der Waals surface area contributed by atoms with Crippen molar-refractivity contribution in [1.29, 1.82) is 0 Å². The molecule has 10 nitrogen and oxygen atoms in total. The van der Waals surface area contributed by atoms with Crippen molar-refractivity contribution in [3.05, 3.63) is 101 Å². The molecule has 0 saturated heterocycles. The second-order valence-corrected chi connectivity index (χ2v) is 15.1. The summed E-state index contributed by atoms with van der Waals surface area (Å²) in [7, 11) is 0. The van der Waals surface area contributed by atoms with Crippen molar-refractivity contribution >= 4 is 23.9 Å². The molecule has 0 spiro atoms. The van der Waals surface area contributed by atoms with Gasteiger partial charge in [-0.25, -0.2) is 9.59 Å². The summed E-state index contributed by atoms with van der Waals surface area (Å²) in [6, 6.07) is 17.5. The first-order chi connectivity index (χ1) is 23.8. The zero-order chi connectivity index (χ0) is 38.1. The van der Waals surface area contributed by atoms with Gasteiger partial charge < -0.3 is 30.1 Å². The fraction of sp³-hybridized carbons (Fsp3) is 0.463. The van der Waals surface area contributed by atoms with Crippen LogP contribution in [0, 0.1) is 13.8 Å². The van der Waals surface area contributed by atoms with Crippen LogP contribution in [0.2, 0.25) is 0 Å². The van der Waals surface area contributed by atoms with Crippen molar-refractivity contribution in [3.8, 4) is 5.75 Å². The average molecular weight is 702 g/mol. The molecule has 51 heavy (non-hydrogen) atoms. The van der Waals surface area contributed by atoms with Crippen LogP contribution in [0.25, 0.3) is 0 Å². The lowest BCUT2D eigenvalue weighted by Crippen LogP contribution is -2.57. The summed E-state index contributed by atoms with van der Waals surface area (Å²) in [5, 5.41) is 15.6. The molecule has 3 aromatic rings. The van der Waals surface area contributed by atoms with Crippen LogP contribution in [0.15, 0.2) is 72.8 Å². The molecular formula is C41H55N3O7. The maximum Gasteiger partial charge on any atom is 0.408 e. The zero-order valence-electron chi connectivity index (χ0n) is 31.7. The largest absolute Gasteiger partial charge is 0.508 e. The van der Waals surface area contributed by atoms with Gasteiger partial charge in [0.2, 0.25) is 11.8 Å². The Labute approximate surface area is 302 Å². The number of hydrogen-bond acceptors (Lipinski definition) is 7. The van der Waals surface area contributed by atoms with Gasteiger partial charge in [0, 0.05) is 18.9 Å². The molecule has 0 bridgehead atoms. The van der Waals surface area contributed by atoms with E-state index in [1.807, 2.05) is 76.2 Å². The van der Waals surface area contributed by atoms with Crippen molar-refractivity contribution in [2.24, 2.45) is 0 Å². The Kier molecular flexibility index (Phi) is 13.8. The van der Waals surface area contributed by atoms with Crippen LogP contribution in [0.3, 0.4) is 0 Å². The van der Waals surface area contributed by atoms with Crippen molar-refractivity contribution < 1.29 is 33.8 Å². The fourth-order valence-electron chi connectivity index (χ4n) is 5.63. The summed E-state index contributed by atoms with van der Waals surface area (Å²) in [6.07, 6.45) is -0.0781. The van der Waals surface area contributed by atoms with Gasteiger partial charge in [-0.3, -0.25) is 9.59 Å². The zero-order valence-corrected chi connectivity index (χ0v) is 31.7. The van der Waals surface area contributed by atoms with E-state index < -0.39 is 59.2 Å². The third kappa shape index (κ3) is 12.5. The summed E-state index contributed by atoms with van der Waals surface area (Å²) in [4.78, 5) is 58.1. The van der Waals surface area contributed by atoms with E-state index >= 15 is 0 Å². The third-order valence-electron chi connectivity index (χ3n) is 8.23. The molecule has 10 heteroatoms. The number of benzene rings is 3. The normalized spacial score (nSPS) is 14.0. The first-order valence-electron chi connectivity index (χ1n) is 17.5. The molecule has 0 aromatic heterocycles. The highest BCUT2D eigenvalue weighted by Crippen LogP contribution is 2.30. The number of nitrogens with zero attached hydrogens (tertiary/aromatic N) is 1. The number of alkyl carbamates (subject to hydrolysis) is 1. The van der Waals surface area contributed by atoms with Gasteiger partial charge in [-0.2, -0.15) is 0 Å². The van der Waals surface area contributed by atoms with E-state index in [1.165, 1.54) is 17.0 Å². The lowest BCUT2D eigenvalue weighted by Gasteiger charge is -2.39. The average Bonchev–Trinajstić information content (AvgIpc) is 3.03. The molecule has 0 fully saturated rings. The molecule has 3 amide bonds. The Balaban J connectivity index is 2.17. The highest BCUT2D eigenvalue weighted by Gasteiger charge is 2.41. The Morgan fingerprint density at radius 1 is 0.765 bits per heavy atom. The monoisotopic (exact) mass is 701 g/mol. The van der Waals surface area contributed by atoms with E-state index in [0.717, 1.165) is 16.7 Å². The molecule has 276 valence electrons. The smallest absolute Gasteiger partial charge is 0.408 e. The maximum atomic E-state index is 15.0. The number of hydrogen-bond donors (Lipinski definition) is 3. The van der Waals surface area contributed by atoms with Gasteiger partial charge in [-0.15, -0.1) is 0 Å². The minimum absolute atomic E-state index is 0.0565. The second-order valence-electron chi connectivity index (χ2n) is 15.1. The molecule has 3 N–H and O–H groups in total. The van der Waals surface area contributed by atoms with Crippen LogP contribution in [0.1, 0.15) is 95.7 Å². The third-order valence-corrected chi connectivity index (χ3v) is 8.23. The van der Waals surface area contributed by atoms with Gasteiger partial charge in [0.25, 0.3) is 0 Å². The number of carbonyl (C=O) groups is 4. The van der Waals surface area contributed by atoms with Crippen molar-refractivity contribution in [1.82, 2.24) is 15.5 Å². The Bertz CT molecular complexity index is 1640. The van der Waals surface area contributed by atoms with Gasteiger partial charge >= 0.3 is 12.1 Å². The highest BCUT2D eigenvalue weighted by molar-refractivity contribution is 5.94. The van der Waals surface area contributed by atoms with E-state index in [2.05, 4.69) is 10.6 Å². The van der Waals surface area contributed by atoms with Crippen LogP contribution in [-0.2, 0) is 36.7 Å².